The molecule has 1 aromatic heterocycles. The third kappa shape index (κ3) is 1.79. The molecule has 0 aliphatic rings. The normalized spacial score (nSPS) is 9.53. The molecule has 0 fully saturated rings. The molecule has 0 amide bonds. The minimum absolute atomic E-state index is 0.626. The number of carbonyl (C=O) groups excluding carboxylic acids is 1. The summed E-state index contributed by atoms with van der Waals surface area (Å²) in [6.07, 6.45) is 4.36. The third-order valence-corrected chi connectivity index (χ3v) is 2.15. The second-order valence-corrected chi connectivity index (χ2v) is 3.13. The Balaban J connectivity index is 2.37. The smallest absolute Gasteiger partial charge is 0.151 e. The Morgan fingerprint density at radius 3 is 2.47 bits per heavy atom. The summed E-state index contributed by atoms with van der Waals surface area (Å²) in [5, 5.41) is 8.64. The van der Waals surface area contributed by atoms with E-state index in [-0.39, 0.29) is 0 Å². The molecule has 0 atom stereocenters. The summed E-state index contributed by atoms with van der Waals surface area (Å²) in [4.78, 5) is 10.5. The topological polar surface area (TPSA) is 45.8 Å². The molecule has 0 aliphatic carbocycles. The average Bonchev–Trinajstić information content (AvgIpc) is 2.78. The number of hydrogen-bond donors (Lipinski definition) is 0. The fourth-order valence-electron chi connectivity index (χ4n) is 1.35. The molecule has 15 heavy (non-hydrogen) atoms. The lowest BCUT2D eigenvalue weighted by Crippen LogP contribution is -1.89. The first-order valence-electron chi connectivity index (χ1n) is 4.47. The van der Waals surface area contributed by atoms with Gasteiger partial charge in [-0.05, 0) is 30.3 Å². The van der Waals surface area contributed by atoms with Gasteiger partial charge in [-0.15, -0.1) is 0 Å². The van der Waals surface area contributed by atoms with Crippen LogP contribution in [0.2, 0.25) is 0 Å². The van der Waals surface area contributed by atoms with Crippen molar-refractivity contribution in [2.45, 2.75) is 0 Å². The summed E-state index contributed by atoms with van der Waals surface area (Å²) in [5.74, 6) is 0. The maximum Gasteiger partial charge on any atom is 0.151 e. The van der Waals surface area contributed by atoms with Crippen molar-refractivity contribution in [1.82, 2.24) is 4.57 Å². The van der Waals surface area contributed by atoms with Crippen LogP contribution in [-0.2, 0) is 0 Å². The van der Waals surface area contributed by atoms with E-state index < -0.39 is 0 Å². The van der Waals surface area contributed by atoms with E-state index in [0.29, 0.717) is 11.1 Å². The fraction of sp³-hybridized carbons (Fsp3) is 0. The van der Waals surface area contributed by atoms with Gasteiger partial charge in [-0.2, -0.15) is 5.26 Å². The molecule has 0 aliphatic heterocycles. The lowest BCUT2D eigenvalue weighted by Gasteiger charge is -2.01. The van der Waals surface area contributed by atoms with Gasteiger partial charge < -0.3 is 4.57 Å². The highest BCUT2D eigenvalue weighted by Crippen LogP contribution is 2.10. The van der Waals surface area contributed by atoms with Crippen LogP contribution in [-0.4, -0.2) is 10.9 Å². The molecule has 1 aromatic carbocycles. The van der Waals surface area contributed by atoms with Crippen LogP contribution in [0.5, 0.6) is 0 Å². The van der Waals surface area contributed by atoms with E-state index in [1.54, 1.807) is 24.4 Å². The number of benzene rings is 1. The maximum atomic E-state index is 10.5. The Morgan fingerprint density at radius 1 is 1.20 bits per heavy atom. The Hall–Kier alpha value is -2.34. The van der Waals surface area contributed by atoms with E-state index in [1.807, 2.05) is 22.9 Å². The van der Waals surface area contributed by atoms with Gasteiger partial charge in [0, 0.05) is 23.6 Å². The molecule has 0 N–H and O–H groups in total. The number of rotatable bonds is 2. The highest BCUT2D eigenvalue weighted by molar-refractivity contribution is 5.74. The molecule has 3 heteroatoms. The van der Waals surface area contributed by atoms with E-state index in [9.17, 15) is 4.79 Å². The van der Waals surface area contributed by atoms with E-state index in [0.717, 1.165) is 12.0 Å². The summed E-state index contributed by atoms with van der Waals surface area (Å²) < 4.78 is 1.84. The first-order chi connectivity index (χ1) is 7.33. The van der Waals surface area contributed by atoms with E-state index in [1.165, 1.54) is 0 Å². The summed E-state index contributed by atoms with van der Waals surface area (Å²) in [6.45, 7) is 0. The second kappa shape index (κ2) is 3.81. The molecule has 0 saturated carbocycles. The molecular formula is C12H8N2O. The highest BCUT2D eigenvalue weighted by Gasteiger charge is 1.98. The molecule has 2 rings (SSSR count). The number of aldehydes is 1. The van der Waals surface area contributed by atoms with Crippen LogP contribution in [0.3, 0.4) is 0 Å². The first kappa shape index (κ1) is 9.22. The molecule has 0 spiro atoms. The zero-order chi connectivity index (χ0) is 10.7. The van der Waals surface area contributed by atoms with Crippen molar-refractivity contribution in [3.8, 4) is 11.8 Å². The van der Waals surface area contributed by atoms with Crippen molar-refractivity contribution in [2.75, 3.05) is 0 Å². The van der Waals surface area contributed by atoms with Crippen LogP contribution in [0.15, 0.2) is 42.7 Å². The van der Waals surface area contributed by atoms with Crippen molar-refractivity contribution in [2.24, 2.45) is 0 Å². The van der Waals surface area contributed by atoms with Gasteiger partial charge in [0.05, 0.1) is 11.6 Å². The van der Waals surface area contributed by atoms with Gasteiger partial charge in [0.2, 0.25) is 0 Å². The SMILES string of the molecule is N#Cc1ccc(-n2ccc(C=O)c2)cc1. The van der Waals surface area contributed by atoms with Crippen molar-refractivity contribution in [3.05, 3.63) is 53.9 Å². The number of nitrogens with zero attached hydrogens (tertiary/aromatic N) is 2. The molecule has 3 nitrogen and oxygen atoms in total. The predicted molar refractivity (Wildman–Crippen MR) is 55.9 cm³/mol. The number of nitriles is 1. The van der Waals surface area contributed by atoms with Crippen LogP contribution in [0.1, 0.15) is 15.9 Å². The van der Waals surface area contributed by atoms with Crippen LogP contribution >= 0.6 is 0 Å². The number of carbonyl (C=O) groups is 1. The zero-order valence-corrected chi connectivity index (χ0v) is 7.92. The monoisotopic (exact) mass is 196 g/mol. The number of hydrogen-bond acceptors (Lipinski definition) is 2. The molecule has 0 unspecified atom stereocenters. The summed E-state index contributed by atoms with van der Waals surface area (Å²) >= 11 is 0. The van der Waals surface area contributed by atoms with Crippen molar-refractivity contribution in [1.29, 1.82) is 5.26 Å². The number of aromatic nitrogens is 1. The quantitative estimate of drug-likeness (QED) is 0.691. The van der Waals surface area contributed by atoms with Crippen LogP contribution in [0.25, 0.3) is 5.69 Å². The van der Waals surface area contributed by atoms with Gasteiger partial charge >= 0.3 is 0 Å². The lowest BCUT2D eigenvalue weighted by atomic mass is 10.2. The minimum atomic E-state index is 0.626. The standard InChI is InChI=1S/C12H8N2O/c13-7-10-1-3-12(4-2-10)14-6-5-11(8-14)9-15/h1-6,8-9H. The Bertz CT molecular complexity index is 517. The first-order valence-corrected chi connectivity index (χ1v) is 4.47. The Morgan fingerprint density at radius 2 is 1.93 bits per heavy atom. The van der Waals surface area contributed by atoms with E-state index >= 15 is 0 Å². The van der Waals surface area contributed by atoms with E-state index in [4.69, 9.17) is 5.26 Å². The predicted octanol–water partition coefficient (Wildman–Crippen LogP) is 2.16. The van der Waals surface area contributed by atoms with Crippen LogP contribution in [0, 0.1) is 11.3 Å². The summed E-state index contributed by atoms with van der Waals surface area (Å²) in [7, 11) is 0. The minimum Gasteiger partial charge on any atom is -0.323 e. The Labute approximate surface area is 87.2 Å². The van der Waals surface area contributed by atoms with Gasteiger partial charge in [0.15, 0.2) is 6.29 Å². The fourth-order valence-corrected chi connectivity index (χ4v) is 1.35. The second-order valence-electron chi connectivity index (χ2n) is 3.13. The molecule has 72 valence electrons. The van der Waals surface area contributed by atoms with Gasteiger partial charge in [-0.3, -0.25) is 4.79 Å². The van der Waals surface area contributed by atoms with Crippen molar-refractivity contribution in [3.63, 3.8) is 0 Å². The van der Waals surface area contributed by atoms with Crippen LogP contribution < -0.4 is 0 Å². The molecule has 0 bridgehead atoms. The maximum absolute atomic E-state index is 10.5. The molecule has 0 saturated heterocycles. The average molecular weight is 196 g/mol. The van der Waals surface area contributed by atoms with Crippen molar-refractivity contribution >= 4 is 6.29 Å². The van der Waals surface area contributed by atoms with Gasteiger partial charge in [0.1, 0.15) is 0 Å². The Kier molecular flexibility index (Phi) is 2.34. The van der Waals surface area contributed by atoms with Gasteiger partial charge in [-0.1, -0.05) is 0 Å². The molecular weight excluding hydrogens is 188 g/mol. The van der Waals surface area contributed by atoms with Gasteiger partial charge in [-0.25, -0.2) is 0 Å². The highest BCUT2D eigenvalue weighted by atomic mass is 16.1. The lowest BCUT2D eigenvalue weighted by molar-refractivity contribution is 0.112. The molecule has 0 radical (unpaired) electrons. The van der Waals surface area contributed by atoms with E-state index in [2.05, 4.69) is 6.07 Å². The molecule has 2 aromatic rings. The zero-order valence-electron chi connectivity index (χ0n) is 7.92. The summed E-state index contributed by atoms with van der Waals surface area (Å²) in [5.41, 5.74) is 2.20. The van der Waals surface area contributed by atoms with Crippen LogP contribution in [0.4, 0.5) is 0 Å². The van der Waals surface area contributed by atoms with Gasteiger partial charge in [0.25, 0.3) is 0 Å². The summed E-state index contributed by atoms with van der Waals surface area (Å²) in [6, 6.07) is 11.0. The largest absolute Gasteiger partial charge is 0.323 e. The molecule has 1 heterocycles. The third-order valence-electron chi connectivity index (χ3n) is 2.15. The van der Waals surface area contributed by atoms with Crippen molar-refractivity contribution < 1.29 is 4.79 Å².